The van der Waals surface area contributed by atoms with Crippen LogP contribution in [0.15, 0.2) is 18.2 Å². The standard InChI is InChI=1S/C15H17F2N7O2/c16-10-3-1-2-9(14(10)17)8-24-5-4-18-15(26)11(24)6-13(25)19-7-12-20-22-23-21-12/h1-3,11H,4-8H2,(H,18,26)(H,19,25)(H,20,21,22,23). The van der Waals surface area contributed by atoms with E-state index in [9.17, 15) is 18.4 Å². The van der Waals surface area contributed by atoms with E-state index >= 15 is 0 Å². The van der Waals surface area contributed by atoms with Crippen LogP contribution >= 0.6 is 0 Å². The zero-order chi connectivity index (χ0) is 18.5. The van der Waals surface area contributed by atoms with Crippen LogP contribution in [0.1, 0.15) is 17.8 Å². The van der Waals surface area contributed by atoms with Crippen LogP contribution in [0.3, 0.4) is 0 Å². The third kappa shape index (κ3) is 4.17. The summed E-state index contributed by atoms with van der Waals surface area (Å²) in [5.41, 5.74) is 0.136. The Bertz CT molecular complexity index is 784. The molecule has 138 valence electrons. The zero-order valence-electron chi connectivity index (χ0n) is 13.7. The van der Waals surface area contributed by atoms with Gasteiger partial charge in [0.05, 0.1) is 19.0 Å². The van der Waals surface area contributed by atoms with Gasteiger partial charge in [0, 0.05) is 25.2 Å². The lowest BCUT2D eigenvalue weighted by Crippen LogP contribution is -2.56. The van der Waals surface area contributed by atoms with Crippen molar-refractivity contribution in [1.82, 2.24) is 36.2 Å². The van der Waals surface area contributed by atoms with Crippen molar-refractivity contribution in [3.8, 4) is 0 Å². The summed E-state index contributed by atoms with van der Waals surface area (Å²) in [5.74, 6) is -2.30. The molecule has 0 bridgehead atoms. The van der Waals surface area contributed by atoms with E-state index in [1.165, 1.54) is 12.1 Å². The number of hydrogen-bond donors (Lipinski definition) is 3. The van der Waals surface area contributed by atoms with Crippen molar-refractivity contribution < 1.29 is 18.4 Å². The molecule has 1 aliphatic rings. The van der Waals surface area contributed by atoms with Crippen molar-refractivity contribution >= 4 is 11.8 Å². The lowest BCUT2D eigenvalue weighted by atomic mass is 10.1. The number of halogens is 2. The quantitative estimate of drug-likeness (QED) is 0.635. The average molecular weight is 365 g/mol. The fraction of sp³-hybridized carbons (Fsp3) is 0.400. The number of benzene rings is 1. The van der Waals surface area contributed by atoms with Crippen LogP contribution in [0.5, 0.6) is 0 Å². The number of aromatic amines is 1. The molecule has 1 aliphatic heterocycles. The first-order valence-corrected chi connectivity index (χ1v) is 7.98. The van der Waals surface area contributed by atoms with Crippen LogP contribution in [-0.2, 0) is 22.7 Å². The van der Waals surface area contributed by atoms with Gasteiger partial charge in [0.25, 0.3) is 0 Å². The number of tetrazole rings is 1. The van der Waals surface area contributed by atoms with Gasteiger partial charge in [-0.15, -0.1) is 10.2 Å². The highest BCUT2D eigenvalue weighted by Gasteiger charge is 2.32. The second kappa shape index (κ2) is 7.95. The summed E-state index contributed by atoms with van der Waals surface area (Å²) in [6, 6.07) is 3.12. The minimum atomic E-state index is -0.946. The Morgan fingerprint density at radius 2 is 2.23 bits per heavy atom. The van der Waals surface area contributed by atoms with Crippen molar-refractivity contribution in [2.75, 3.05) is 13.1 Å². The van der Waals surface area contributed by atoms with Gasteiger partial charge < -0.3 is 10.6 Å². The van der Waals surface area contributed by atoms with Gasteiger partial charge in [0.2, 0.25) is 11.8 Å². The molecular weight excluding hydrogens is 348 g/mol. The minimum Gasteiger partial charge on any atom is -0.353 e. The number of amides is 2. The summed E-state index contributed by atoms with van der Waals surface area (Å²) in [4.78, 5) is 26.0. The number of hydrogen-bond acceptors (Lipinski definition) is 6. The Labute approximate surface area is 147 Å². The van der Waals surface area contributed by atoms with Crippen LogP contribution in [0.4, 0.5) is 8.78 Å². The van der Waals surface area contributed by atoms with E-state index in [0.717, 1.165) is 6.07 Å². The van der Waals surface area contributed by atoms with Crippen molar-refractivity contribution in [3.05, 3.63) is 41.2 Å². The monoisotopic (exact) mass is 365 g/mol. The molecule has 11 heteroatoms. The van der Waals surface area contributed by atoms with Gasteiger partial charge >= 0.3 is 0 Å². The number of carbonyl (C=O) groups excluding carboxylic acids is 2. The third-order valence-electron chi connectivity index (χ3n) is 4.06. The first-order chi connectivity index (χ1) is 12.5. The number of nitrogens with one attached hydrogen (secondary N) is 3. The first-order valence-electron chi connectivity index (χ1n) is 7.98. The van der Waals surface area contributed by atoms with E-state index in [1.54, 1.807) is 4.90 Å². The fourth-order valence-corrected chi connectivity index (χ4v) is 2.75. The van der Waals surface area contributed by atoms with Gasteiger partial charge in [-0.1, -0.05) is 17.3 Å². The Kier molecular flexibility index (Phi) is 5.46. The molecular formula is C15H17F2N7O2. The summed E-state index contributed by atoms with van der Waals surface area (Å²) >= 11 is 0. The van der Waals surface area contributed by atoms with Gasteiger partial charge in [-0.2, -0.15) is 5.21 Å². The molecule has 1 unspecified atom stereocenters. The molecule has 1 atom stereocenters. The molecule has 3 rings (SSSR count). The van der Waals surface area contributed by atoms with E-state index in [1.807, 2.05) is 0 Å². The van der Waals surface area contributed by atoms with Crippen molar-refractivity contribution in [2.24, 2.45) is 0 Å². The number of H-pyrrole nitrogens is 1. The lowest BCUT2D eigenvalue weighted by molar-refractivity contribution is -0.134. The highest BCUT2D eigenvalue weighted by atomic mass is 19.2. The summed E-state index contributed by atoms with van der Waals surface area (Å²) in [5, 5.41) is 18.3. The van der Waals surface area contributed by atoms with Crippen LogP contribution in [0.25, 0.3) is 0 Å². The number of rotatable bonds is 6. The van der Waals surface area contributed by atoms with Crippen LogP contribution in [0.2, 0.25) is 0 Å². The minimum absolute atomic E-state index is 0.0276. The molecule has 1 aromatic heterocycles. The highest BCUT2D eigenvalue weighted by molar-refractivity contribution is 5.88. The number of piperazine rings is 1. The van der Waals surface area contributed by atoms with Crippen molar-refractivity contribution in [3.63, 3.8) is 0 Å². The second-order valence-electron chi connectivity index (χ2n) is 5.80. The molecule has 1 fully saturated rings. The Morgan fingerprint density at radius 3 is 3.00 bits per heavy atom. The smallest absolute Gasteiger partial charge is 0.237 e. The van der Waals surface area contributed by atoms with Gasteiger partial charge in [0.1, 0.15) is 0 Å². The summed E-state index contributed by atoms with van der Waals surface area (Å²) in [6.45, 7) is 0.892. The summed E-state index contributed by atoms with van der Waals surface area (Å²) in [7, 11) is 0. The Morgan fingerprint density at radius 1 is 1.38 bits per heavy atom. The number of nitrogens with zero attached hydrogens (tertiary/aromatic N) is 4. The highest BCUT2D eigenvalue weighted by Crippen LogP contribution is 2.18. The van der Waals surface area contributed by atoms with Crippen LogP contribution in [-0.4, -0.2) is 56.5 Å². The SMILES string of the molecule is O=C(CC1C(=O)NCCN1Cc1cccc(F)c1F)NCc1nn[nH]n1. The Balaban J connectivity index is 1.65. The molecule has 2 aromatic rings. The molecule has 3 N–H and O–H groups in total. The normalized spacial score (nSPS) is 17.8. The molecule has 1 saturated heterocycles. The average Bonchev–Trinajstić information content (AvgIpc) is 3.14. The maximum absolute atomic E-state index is 13.9. The molecule has 9 nitrogen and oxygen atoms in total. The van der Waals surface area contributed by atoms with Gasteiger partial charge in [-0.05, 0) is 6.07 Å². The topological polar surface area (TPSA) is 116 Å². The van der Waals surface area contributed by atoms with Crippen LogP contribution < -0.4 is 10.6 Å². The molecule has 0 spiro atoms. The fourth-order valence-electron chi connectivity index (χ4n) is 2.75. The van der Waals surface area contributed by atoms with Gasteiger partial charge in [-0.25, -0.2) is 8.78 Å². The molecule has 0 radical (unpaired) electrons. The van der Waals surface area contributed by atoms with E-state index in [2.05, 4.69) is 31.3 Å². The first kappa shape index (κ1) is 17.9. The molecule has 0 saturated carbocycles. The van der Waals surface area contributed by atoms with Crippen molar-refractivity contribution in [1.29, 1.82) is 0 Å². The van der Waals surface area contributed by atoms with E-state index < -0.39 is 17.7 Å². The molecule has 26 heavy (non-hydrogen) atoms. The predicted octanol–water partition coefficient (Wildman–Crippen LogP) is -0.515. The largest absolute Gasteiger partial charge is 0.353 e. The third-order valence-corrected chi connectivity index (χ3v) is 4.06. The van der Waals surface area contributed by atoms with E-state index in [-0.39, 0.29) is 36.9 Å². The molecule has 2 heterocycles. The molecule has 2 amide bonds. The molecule has 0 aliphatic carbocycles. The van der Waals surface area contributed by atoms with Crippen LogP contribution in [0, 0.1) is 11.6 Å². The van der Waals surface area contributed by atoms with Gasteiger partial charge in [0.15, 0.2) is 17.5 Å². The zero-order valence-corrected chi connectivity index (χ0v) is 13.7. The maximum atomic E-state index is 13.9. The summed E-state index contributed by atoms with van der Waals surface area (Å²) < 4.78 is 27.3. The number of aromatic nitrogens is 4. The number of carbonyl (C=O) groups is 2. The Hall–Kier alpha value is -2.95. The van der Waals surface area contributed by atoms with E-state index in [0.29, 0.717) is 18.9 Å². The molecule has 1 aromatic carbocycles. The lowest BCUT2D eigenvalue weighted by Gasteiger charge is -2.34. The maximum Gasteiger partial charge on any atom is 0.237 e. The van der Waals surface area contributed by atoms with Crippen molar-refractivity contribution in [2.45, 2.75) is 25.6 Å². The van der Waals surface area contributed by atoms with E-state index in [4.69, 9.17) is 0 Å². The predicted molar refractivity (Wildman–Crippen MR) is 84.2 cm³/mol. The second-order valence-corrected chi connectivity index (χ2v) is 5.80. The van der Waals surface area contributed by atoms with Gasteiger partial charge in [-0.3, -0.25) is 14.5 Å². The summed E-state index contributed by atoms with van der Waals surface area (Å²) in [6.07, 6.45) is -0.124.